The lowest BCUT2D eigenvalue weighted by Crippen LogP contribution is -2.22. The maximum Gasteiger partial charge on any atom is 0.179 e. The topological polar surface area (TPSA) is 125 Å². The Hall–Kier alpha value is -3.96. The molecule has 2 aromatic carbocycles. The Bertz CT molecular complexity index is 2380. The van der Waals surface area contributed by atoms with Gasteiger partial charge < -0.3 is 29.5 Å². The van der Waals surface area contributed by atoms with Crippen molar-refractivity contribution in [3.8, 4) is 45.5 Å². The fraction of sp³-hybridized carbons (Fsp3) is 0.300. The zero-order valence-electron chi connectivity index (χ0n) is 31.5. The highest BCUT2D eigenvalue weighted by Gasteiger charge is 2.22. The molecule has 0 spiro atoms. The molecule has 0 unspecified atom stereocenters. The van der Waals surface area contributed by atoms with Gasteiger partial charge in [-0.15, -0.1) is 0 Å². The molecule has 0 bridgehead atoms. The first-order valence-electron chi connectivity index (χ1n) is 17.8. The quantitative estimate of drug-likeness (QED) is 0.0743. The average Bonchev–Trinajstić information content (AvgIpc) is 4.16. The Morgan fingerprint density at radius 1 is 0.702 bits per heavy atom. The molecule has 300 valence electrons. The fourth-order valence-corrected chi connectivity index (χ4v) is 6.25. The molecule has 2 N–H and O–H groups in total. The van der Waals surface area contributed by atoms with Gasteiger partial charge in [-0.1, -0.05) is 56.9 Å². The third-order valence-corrected chi connectivity index (χ3v) is 9.70. The molecule has 2 aliphatic carbocycles. The molecule has 0 saturated heterocycles. The van der Waals surface area contributed by atoms with Crippen molar-refractivity contribution in [2.75, 3.05) is 46.8 Å². The number of hydrogen-bond acceptors (Lipinski definition) is 10. The van der Waals surface area contributed by atoms with Crippen molar-refractivity contribution >= 4 is 90.3 Å². The predicted molar refractivity (Wildman–Crippen MR) is 232 cm³/mol. The van der Waals surface area contributed by atoms with E-state index >= 15 is 0 Å². The van der Waals surface area contributed by atoms with Crippen LogP contribution in [0.2, 0.25) is 10.3 Å². The number of pyridine rings is 4. The maximum atomic E-state index is 11.0. The van der Waals surface area contributed by atoms with Crippen LogP contribution in [0.3, 0.4) is 0 Å². The molecule has 17 heteroatoms. The molecule has 0 atom stereocenters. The highest BCUT2D eigenvalue weighted by Crippen LogP contribution is 2.51. The van der Waals surface area contributed by atoms with E-state index in [0.29, 0.717) is 45.4 Å². The molecule has 2 fully saturated rings. The molecule has 2 saturated carbocycles. The van der Waals surface area contributed by atoms with Crippen LogP contribution in [0.4, 0.5) is 5.82 Å². The predicted octanol–water partition coefficient (Wildman–Crippen LogP) is 11.6. The van der Waals surface area contributed by atoms with Crippen molar-refractivity contribution in [1.29, 1.82) is 0 Å². The normalized spacial score (nSPS) is 13.8. The Morgan fingerprint density at radius 2 is 1.19 bits per heavy atom. The van der Waals surface area contributed by atoms with Crippen LogP contribution in [0.1, 0.15) is 25.7 Å². The van der Waals surface area contributed by atoms with Crippen LogP contribution in [-0.4, -0.2) is 66.4 Å². The van der Waals surface area contributed by atoms with Crippen molar-refractivity contribution in [1.82, 2.24) is 19.7 Å². The highest BCUT2D eigenvalue weighted by atomic mass is 36.0. The first-order valence-corrected chi connectivity index (χ1v) is 22.6. The Kier molecular flexibility index (Phi) is 14.7. The molecule has 11 nitrogen and oxygen atoms in total. The minimum absolute atomic E-state index is 0.362. The minimum Gasteiger partial charge on any atom is -0.497 e. The summed E-state index contributed by atoms with van der Waals surface area (Å²) in [4.78, 5) is 17.9. The summed E-state index contributed by atoms with van der Waals surface area (Å²) in [5.41, 5.74) is 3.54. The van der Waals surface area contributed by atoms with Crippen molar-refractivity contribution in [3.63, 3.8) is 0 Å². The molecule has 6 aromatic rings. The summed E-state index contributed by atoms with van der Waals surface area (Å²) >= 11 is 26.8. The van der Waals surface area contributed by atoms with Gasteiger partial charge in [0.1, 0.15) is 39.1 Å². The zero-order chi connectivity index (χ0) is 40.6. The Balaban J connectivity index is 0.000000176. The van der Waals surface area contributed by atoms with Gasteiger partial charge in [-0.25, -0.2) is 15.0 Å². The molecule has 0 amide bonds. The van der Waals surface area contributed by atoms with E-state index in [4.69, 9.17) is 80.9 Å². The summed E-state index contributed by atoms with van der Waals surface area (Å²) in [6.07, 6.45) is 8.39. The Labute approximate surface area is 355 Å². The lowest BCUT2D eigenvalue weighted by Gasteiger charge is -2.13. The second-order valence-corrected chi connectivity index (χ2v) is 19.1. The summed E-state index contributed by atoms with van der Waals surface area (Å²) in [5.74, 6) is 3.68. The third kappa shape index (κ3) is 11.6. The number of halogens is 5. The van der Waals surface area contributed by atoms with E-state index in [2.05, 4.69) is 20.3 Å². The fourth-order valence-electron chi connectivity index (χ4n) is 5.94. The standard InChI is InChI=1S/C20H20ClN3O3.C20H20ClN3O2.Cl3P/c1-26-15-5-13(6-16(8-15)27-2)18-7-14-11-22-19(21)9-17(14)20(24(18)25)23-10-12-3-4-12;1-25-15-5-13(6-16(8-15)26-2)18-7-14-11-22-19(21)9-17(14)20(24-18)23-10-12-3-4-12;1-4(2)3/h5-9,11-12,25H,3-4,10H2,1-2H3;5-9,11-12H,3-4,10H2,1-2H3,(H,23,24);. The smallest absolute Gasteiger partial charge is 0.179 e. The van der Waals surface area contributed by atoms with Crippen LogP contribution >= 0.6 is 62.9 Å². The number of nitrogens with one attached hydrogen (secondary N) is 1. The van der Waals surface area contributed by atoms with Crippen LogP contribution in [0.15, 0.2) is 78.0 Å². The van der Waals surface area contributed by atoms with Crippen LogP contribution in [0, 0.1) is 11.8 Å². The van der Waals surface area contributed by atoms with Gasteiger partial charge in [0.05, 0.1) is 39.8 Å². The van der Waals surface area contributed by atoms with Gasteiger partial charge >= 0.3 is 0 Å². The van der Waals surface area contributed by atoms with Crippen LogP contribution in [0.5, 0.6) is 23.0 Å². The van der Waals surface area contributed by atoms with Crippen molar-refractivity contribution in [2.24, 2.45) is 16.8 Å². The van der Waals surface area contributed by atoms with Gasteiger partial charge in [0.25, 0.3) is 0 Å². The average molecular weight is 893 g/mol. The number of fused-ring (bicyclic) bond motifs is 2. The first-order chi connectivity index (χ1) is 27.5. The molecule has 57 heavy (non-hydrogen) atoms. The molecular weight excluding hydrogens is 853 g/mol. The van der Waals surface area contributed by atoms with Crippen molar-refractivity contribution < 1.29 is 24.2 Å². The summed E-state index contributed by atoms with van der Waals surface area (Å²) in [6, 6.07) is 18.6. The third-order valence-electron chi connectivity index (χ3n) is 9.29. The lowest BCUT2D eigenvalue weighted by molar-refractivity contribution is 0.178. The van der Waals surface area contributed by atoms with E-state index in [0.717, 1.165) is 72.9 Å². The molecule has 4 aromatic heterocycles. The van der Waals surface area contributed by atoms with Crippen LogP contribution in [0.25, 0.3) is 44.1 Å². The Morgan fingerprint density at radius 3 is 1.70 bits per heavy atom. The number of ether oxygens (including phenoxy) is 4. The summed E-state index contributed by atoms with van der Waals surface area (Å²) in [7, 11) is 6.46. The molecule has 0 aliphatic heterocycles. The number of methoxy groups -OCH3 is 4. The highest BCUT2D eigenvalue weighted by molar-refractivity contribution is 8.20. The lowest BCUT2D eigenvalue weighted by atomic mass is 10.1. The molecule has 8 rings (SSSR count). The number of benzene rings is 2. The monoisotopic (exact) mass is 890 g/mol. The van der Waals surface area contributed by atoms with Gasteiger partial charge in [-0.05, 0) is 86.1 Å². The summed E-state index contributed by atoms with van der Waals surface area (Å²) in [5, 5.41) is 18.8. The van der Waals surface area contributed by atoms with Gasteiger partial charge in [0.15, 0.2) is 11.5 Å². The number of hydrogen-bond donors (Lipinski definition) is 2. The van der Waals surface area contributed by atoms with E-state index in [1.807, 2.05) is 48.5 Å². The number of aromatic nitrogens is 4. The molecular formula is C40H40Cl5N6O5P. The van der Waals surface area contributed by atoms with E-state index in [1.165, 1.54) is 25.7 Å². The zero-order valence-corrected chi connectivity index (χ0v) is 36.2. The van der Waals surface area contributed by atoms with Gasteiger partial charge in [-0.2, -0.15) is 4.73 Å². The largest absolute Gasteiger partial charge is 0.497 e. The molecule has 0 radical (unpaired) electrons. The maximum absolute atomic E-state index is 11.0. The summed E-state index contributed by atoms with van der Waals surface area (Å²) < 4.78 is 22.6. The van der Waals surface area contributed by atoms with Crippen molar-refractivity contribution in [2.45, 2.75) is 25.7 Å². The molecule has 4 heterocycles. The van der Waals surface area contributed by atoms with E-state index in [9.17, 15) is 5.21 Å². The van der Waals surface area contributed by atoms with Crippen LogP contribution < -0.4 is 29.8 Å². The van der Waals surface area contributed by atoms with Crippen LogP contribution in [-0.2, 0) is 0 Å². The minimum atomic E-state index is -1.20. The second kappa shape index (κ2) is 19.7. The van der Waals surface area contributed by atoms with Gasteiger partial charge in [0.2, 0.25) is 0 Å². The molecule has 2 aliphatic rings. The first kappa shape index (κ1) is 42.6. The number of rotatable bonds is 11. The van der Waals surface area contributed by atoms with E-state index in [-0.39, 0.29) is 0 Å². The van der Waals surface area contributed by atoms with Gasteiger partial charge in [-0.3, -0.25) is 4.99 Å². The van der Waals surface area contributed by atoms with E-state index in [1.54, 1.807) is 53.0 Å². The van der Waals surface area contributed by atoms with Crippen molar-refractivity contribution in [3.05, 3.63) is 88.9 Å². The SMILES string of the molecule is COc1cc(OC)cc(-c2cc3cnc(Cl)cc3c(=NCC3CC3)n2O)c1.COc1cc(OC)cc(-c2cc3cnc(Cl)cc3c(NCC3CC3)n2)c1.ClP(Cl)Cl. The summed E-state index contributed by atoms with van der Waals surface area (Å²) in [6.45, 7) is 1.60. The van der Waals surface area contributed by atoms with Gasteiger partial charge in [0, 0.05) is 70.3 Å². The number of nitrogens with zero attached hydrogens (tertiary/aromatic N) is 5. The van der Waals surface area contributed by atoms with E-state index < -0.39 is 5.98 Å². The number of anilines is 1. The second-order valence-electron chi connectivity index (χ2n) is 13.3.